The van der Waals surface area contributed by atoms with E-state index in [2.05, 4.69) is 20.4 Å². The summed E-state index contributed by atoms with van der Waals surface area (Å²) in [6.07, 6.45) is 2.46. The average Bonchev–Trinajstić information content (AvgIpc) is 3.36. The SMILES string of the molecule is Cc1cc(Nc2nccs2)cc([C@H]2CCN(S(=O)(=O)c3c(C)noc3C)C2)n1. The lowest BCUT2D eigenvalue weighted by molar-refractivity contribution is 0.389. The summed E-state index contributed by atoms with van der Waals surface area (Å²) in [5.41, 5.74) is 3.06. The van der Waals surface area contributed by atoms with Gasteiger partial charge in [0.15, 0.2) is 10.9 Å². The van der Waals surface area contributed by atoms with Crippen molar-refractivity contribution in [3.63, 3.8) is 0 Å². The van der Waals surface area contributed by atoms with Crippen LogP contribution in [-0.2, 0) is 10.0 Å². The standard InChI is InChI=1S/C18H21N5O3S2/c1-11-8-15(21-18-19-5-7-27-18)9-16(20-11)14-4-6-23(10-14)28(24,25)17-12(2)22-26-13(17)3/h5,7-9,14H,4,6,10H2,1-3H3,(H,19,20,21)/t14-/m0/s1. The summed E-state index contributed by atoms with van der Waals surface area (Å²) in [6.45, 7) is 6.04. The zero-order valence-electron chi connectivity index (χ0n) is 15.8. The van der Waals surface area contributed by atoms with Gasteiger partial charge in [0, 0.05) is 47.7 Å². The third-order valence-electron chi connectivity index (χ3n) is 4.79. The highest BCUT2D eigenvalue weighted by Gasteiger charge is 2.37. The minimum Gasteiger partial charge on any atom is -0.360 e. The van der Waals surface area contributed by atoms with E-state index in [0.717, 1.165) is 28.6 Å². The molecule has 0 amide bonds. The van der Waals surface area contributed by atoms with Crippen LogP contribution in [0.1, 0.15) is 35.2 Å². The highest BCUT2D eigenvalue weighted by Crippen LogP contribution is 2.33. The largest absolute Gasteiger partial charge is 0.360 e. The van der Waals surface area contributed by atoms with Gasteiger partial charge in [-0.1, -0.05) is 5.16 Å². The Morgan fingerprint density at radius 3 is 2.79 bits per heavy atom. The Balaban J connectivity index is 1.57. The molecule has 1 atom stereocenters. The molecule has 1 N–H and O–H groups in total. The predicted octanol–water partition coefficient (Wildman–Crippen LogP) is 3.37. The summed E-state index contributed by atoms with van der Waals surface area (Å²) in [6, 6.07) is 3.93. The molecule has 0 aromatic carbocycles. The number of rotatable bonds is 5. The van der Waals surface area contributed by atoms with Gasteiger partial charge in [-0.3, -0.25) is 4.98 Å². The molecule has 1 aliphatic rings. The number of pyridine rings is 1. The number of hydrogen-bond donors (Lipinski definition) is 1. The van der Waals surface area contributed by atoms with Crippen LogP contribution < -0.4 is 5.32 Å². The molecule has 0 bridgehead atoms. The predicted molar refractivity (Wildman–Crippen MR) is 106 cm³/mol. The van der Waals surface area contributed by atoms with Crippen molar-refractivity contribution < 1.29 is 12.9 Å². The van der Waals surface area contributed by atoms with Gasteiger partial charge >= 0.3 is 0 Å². The van der Waals surface area contributed by atoms with Crippen molar-refractivity contribution in [3.05, 3.63) is 46.6 Å². The maximum absolute atomic E-state index is 13.0. The molecule has 0 aliphatic carbocycles. The Hall–Kier alpha value is -2.30. The normalized spacial score (nSPS) is 17.9. The first kappa shape index (κ1) is 19.0. The van der Waals surface area contributed by atoms with Crippen LogP contribution >= 0.6 is 11.3 Å². The van der Waals surface area contributed by atoms with Crippen LogP contribution in [0.25, 0.3) is 0 Å². The van der Waals surface area contributed by atoms with Crippen molar-refractivity contribution >= 4 is 32.2 Å². The molecule has 3 aromatic heterocycles. The molecule has 0 spiro atoms. The Morgan fingerprint density at radius 1 is 1.29 bits per heavy atom. The first-order valence-electron chi connectivity index (χ1n) is 8.92. The lowest BCUT2D eigenvalue weighted by atomic mass is 10.0. The van der Waals surface area contributed by atoms with Crippen molar-refractivity contribution in [3.8, 4) is 0 Å². The third-order valence-corrected chi connectivity index (χ3v) is 7.59. The fraction of sp³-hybridized carbons (Fsp3) is 0.389. The number of nitrogens with zero attached hydrogens (tertiary/aromatic N) is 4. The Kier molecular flexibility index (Phi) is 4.94. The van der Waals surface area contributed by atoms with E-state index in [-0.39, 0.29) is 10.8 Å². The second kappa shape index (κ2) is 7.26. The smallest absolute Gasteiger partial charge is 0.248 e. The fourth-order valence-electron chi connectivity index (χ4n) is 3.54. The number of aromatic nitrogens is 3. The average molecular weight is 420 g/mol. The van der Waals surface area contributed by atoms with Crippen LogP contribution in [0.4, 0.5) is 10.8 Å². The highest BCUT2D eigenvalue weighted by molar-refractivity contribution is 7.89. The van der Waals surface area contributed by atoms with Crippen molar-refractivity contribution in [2.24, 2.45) is 0 Å². The topological polar surface area (TPSA) is 101 Å². The Labute approximate surface area is 167 Å². The molecule has 3 aromatic rings. The summed E-state index contributed by atoms with van der Waals surface area (Å²) in [5, 5.41) is 9.78. The van der Waals surface area contributed by atoms with Crippen LogP contribution in [0.3, 0.4) is 0 Å². The van der Waals surface area contributed by atoms with Crippen LogP contribution in [0.15, 0.2) is 33.1 Å². The van der Waals surface area contributed by atoms with E-state index in [1.807, 2.05) is 24.4 Å². The monoisotopic (exact) mass is 419 g/mol. The van der Waals surface area contributed by atoms with Crippen LogP contribution in [0.2, 0.25) is 0 Å². The van der Waals surface area contributed by atoms with Crippen LogP contribution in [-0.4, -0.2) is 40.9 Å². The summed E-state index contributed by atoms with van der Waals surface area (Å²) in [5.74, 6) is 0.358. The first-order valence-corrected chi connectivity index (χ1v) is 11.2. The van der Waals surface area contributed by atoms with E-state index in [1.165, 1.54) is 15.6 Å². The van der Waals surface area contributed by atoms with E-state index in [0.29, 0.717) is 24.5 Å². The van der Waals surface area contributed by atoms with E-state index in [1.54, 1.807) is 20.0 Å². The lowest BCUT2D eigenvalue weighted by Gasteiger charge is -2.17. The number of sulfonamides is 1. The summed E-state index contributed by atoms with van der Waals surface area (Å²) < 4.78 is 32.6. The van der Waals surface area contributed by atoms with E-state index in [9.17, 15) is 8.42 Å². The van der Waals surface area contributed by atoms with Crippen LogP contribution in [0.5, 0.6) is 0 Å². The molecule has 0 radical (unpaired) electrons. The van der Waals surface area contributed by atoms with Crippen molar-refractivity contribution in [1.29, 1.82) is 0 Å². The van der Waals surface area contributed by atoms with Gasteiger partial charge in [0.1, 0.15) is 10.6 Å². The molecule has 4 heterocycles. The molecule has 0 saturated carbocycles. The van der Waals surface area contributed by atoms with Crippen LogP contribution in [0, 0.1) is 20.8 Å². The van der Waals surface area contributed by atoms with Gasteiger partial charge in [-0.2, -0.15) is 4.31 Å². The van der Waals surface area contributed by atoms with E-state index in [4.69, 9.17) is 4.52 Å². The van der Waals surface area contributed by atoms with Gasteiger partial charge in [-0.05, 0) is 39.3 Å². The minimum atomic E-state index is -3.63. The number of anilines is 2. The van der Waals surface area contributed by atoms with Crippen molar-refractivity contribution in [1.82, 2.24) is 19.4 Å². The van der Waals surface area contributed by atoms with Gasteiger partial charge in [0.25, 0.3) is 0 Å². The highest BCUT2D eigenvalue weighted by atomic mass is 32.2. The molecule has 8 nitrogen and oxygen atoms in total. The first-order chi connectivity index (χ1) is 13.3. The molecular weight excluding hydrogens is 398 g/mol. The number of nitrogens with one attached hydrogen (secondary N) is 1. The molecule has 4 rings (SSSR count). The van der Waals surface area contributed by atoms with Crippen molar-refractivity contribution in [2.75, 3.05) is 18.4 Å². The van der Waals surface area contributed by atoms with Gasteiger partial charge in [-0.25, -0.2) is 13.4 Å². The van der Waals surface area contributed by atoms with Gasteiger partial charge in [0.2, 0.25) is 10.0 Å². The molecule has 28 heavy (non-hydrogen) atoms. The Morgan fingerprint density at radius 2 is 2.11 bits per heavy atom. The molecule has 148 valence electrons. The molecule has 0 unspecified atom stereocenters. The maximum atomic E-state index is 13.0. The van der Waals surface area contributed by atoms with E-state index < -0.39 is 10.0 Å². The zero-order valence-corrected chi connectivity index (χ0v) is 17.5. The quantitative estimate of drug-likeness (QED) is 0.676. The molecule has 1 fully saturated rings. The molecular formula is C18H21N5O3S2. The molecule has 1 aliphatic heterocycles. The van der Waals surface area contributed by atoms with Crippen molar-refractivity contribution in [2.45, 2.75) is 38.0 Å². The second-order valence-electron chi connectivity index (χ2n) is 6.89. The summed E-state index contributed by atoms with van der Waals surface area (Å²) in [4.78, 5) is 9.07. The third kappa shape index (κ3) is 3.54. The second-order valence-corrected chi connectivity index (χ2v) is 9.66. The Bertz CT molecular complexity index is 1070. The number of thiazole rings is 1. The molecule has 1 saturated heterocycles. The van der Waals surface area contributed by atoms with Gasteiger partial charge in [-0.15, -0.1) is 11.3 Å². The van der Waals surface area contributed by atoms with Gasteiger partial charge in [0.05, 0.1) is 0 Å². The molecule has 10 heteroatoms. The summed E-state index contributed by atoms with van der Waals surface area (Å²) in [7, 11) is -3.63. The van der Waals surface area contributed by atoms with Gasteiger partial charge < -0.3 is 9.84 Å². The van der Waals surface area contributed by atoms with E-state index >= 15 is 0 Å². The fourth-order valence-corrected chi connectivity index (χ4v) is 5.88. The maximum Gasteiger partial charge on any atom is 0.248 e. The minimum absolute atomic E-state index is 0.0343. The zero-order chi connectivity index (χ0) is 19.9. The number of hydrogen-bond acceptors (Lipinski definition) is 8. The number of aryl methyl sites for hydroxylation is 3. The summed E-state index contributed by atoms with van der Waals surface area (Å²) >= 11 is 1.52. The lowest BCUT2D eigenvalue weighted by Crippen LogP contribution is -2.29.